The van der Waals surface area contributed by atoms with E-state index < -0.39 is 29.6 Å². The van der Waals surface area contributed by atoms with Crippen molar-refractivity contribution in [3.8, 4) is 0 Å². The lowest BCUT2D eigenvalue weighted by atomic mass is 10.1. The highest BCUT2D eigenvalue weighted by Crippen LogP contribution is 2.33. The molecule has 21 heavy (non-hydrogen) atoms. The summed E-state index contributed by atoms with van der Waals surface area (Å²) in [5.74, 6) is -1.95. The van der Waals surface area contributed by atoms with Gasteiger partial charge in [0, 0.05) is 12.2 Å². The third kappa shape index (κ3) is 3.70. The molecule has 0 aromatic heterocycles. The molecule has 1 saturated heterocycles. The molecular formula is C13H14F4N2O2. The Bertz CT molecular complexity index is 533. The third-order valence-corrected chi connectivity index (χ3v) is 3.20. The maximum Gasteiger partial charge on any atom is 0.419 e. The molecule has 1 aliphatic heterocycles. The fraction of sp³-hybridized carbons (Fsp3) is 0.462. The summed E-state index contributed by atoms with van der Waals surface area (Å²) in [6, 6.07) is 2.29. The summed E-state index contributed by atoms with van der Waals surface area (Å²) in [6.45, 7) is 0.276. The molecule has 0 saturated carbocycles. The van der Waals surface area contributed by atoms with E-state index in [4.69, 9.17) is 10.5 Å². The van der Waals surface area contributed by atoms with Gasteiger partial charge in [0.05, 0.1) is 11.7 Å². The van der Waals surface area contributed by atoms with Gasteiger partial charge in [-0.15, -0.1) is 0 Å². The number of hydrogen-bond acceptors (Lipinski definition) is 3. The van der Waals surface area contributed by atoms with Crippen molar-refractivity contribution in [2.45, 2.75) is 31.2 Å². The molecular weight excluding hydrogens is 292 g/mol. The fourth-order valence-electron chi connectivity index (χ4n) is 2.11. The van der Waals surface area contributed by atoms with E-state index in [1.807, 2.05) is 0 Å². The van der Waals surface area contributed by atoms with E-state index >= 15 is 0 Å². The molecule has 8 heteroatoms. The van der Waals surface area contributed by atoms with Crippen LogP contribution in [0.1, 0.15) is 18.4 Å². The van der Waals surface area contributed by atoms with Gasteiger partial charge in [0.1, 0.15) is 11.9 Å². The second-order valence-electron chi connectivity index (χ2n) is 4.74. The first-order valence-electron chi connectivity index (χ1n) is 6.34. The van der Waals surface area contributed by atoms with Gasteiger partial charge in [0.15, 0.2) is 0 Å². The number of ether oxygens (including phenoxy) is 1. The zero-order valence-corrected chi connectivity index (χ0v) is 10.9. The first-order chi connectivity index (χ1) is 9.81. The Morgan fingerprint density at radius 3 is 2.67 bits per heavy atom. The second kappa shape index (κ2) is 5.98. The number of nitrogens with one attached hydrogen (secondary N) is 1. The molecule has 4 nitrogen and oxygen atoms in total. The number of hydrogen-bond donors (Lipinski definition) is 2. The Kier molecular flexibility index (Phi) is 4.48. The van der Waals surface area contributed by atoms with E-state index in [1.165, 1.54) is 0 Å². The SMILES string of the molecule is NC[C@H]1CC[C@@H](C(=O)Nc2ccc(F)c(C(F)(F)F)c2)O1. The van der Waals surface area contributed by atoms with E-state index in [0.717, 1.165) is 6.07 Å². The summed E-state index contributed by atoms with van der Waals surface area (Å²) in [7, 11) is 0. The number of carbonyl (C=O) groups is 1. The highest BCUT2D eigenvalue weighted by molar-refractivity contribution is 5.94. The van der Waals surface area contributed by atoms with Crippen LogP contribution >= 0.6 is 0 Å². The minimum absolute atomic E-state index is 0.131. The molecule has 1 heterocycles. The van der Waals surface area contributed by atoms with Crippen LogP contribution < -0.4 is 11.1 Å². The zero-order valence-electron chi connectivity index (χ0n) is 10.9. The number of halogens is 4. The van der Waals surface area contributed by atoms with Gasteiger partial charge in [-0.05, 0) is 31.0 Å². The van der Waals surface area contributed by atoms with Crippen molar-refractivity contribution in [1.29, 1.82) is 0 Å². The number of anilines is 1. The molecule has 1 aliphatic rings. The van der Waals surface area contributed by atoms with Crippen LogP contribution in [0.25, 0.3) is 0 Å². The molecule has 2 rings (SSSR count). The number of amides is 1. The van der Waals surface area contributed by atoms with Gasteiger partial charge in [-0.1, -0.05) is 0 Å². The number of rotatable bonds is 3. The Labute approximate surface area is 118 Å². The monoisotopic (exact) mass is 306 g/mol. The van der Waals surface area contributed by atoms with E-state index in [2.05, 4.69) is 5.32 Å². The van der Waals surface area contributed by atoms with Gasteiger partial charge in [-0.3, -0.25) is 4.79 Å². The highest BCUT2D eigenvalue weighted by atomic mass is 19.4. The molecule has 1 aromatic rings. The minimum Gasteiger partial charge on any atom is -0.364 e. The Morgan fingerprint density at radius 1 is 1.38 bits per heavy atom. The maximum absolute atomic E-state index is 13.1. The van der Waals surface area contributed by atoms with Crippen molar-refractivity contribution < 1.29 is 27.1 Å². The molecule has 0 unspecified atom stereocenters. The van der Waals surface area contributed by atoms with Crippen LogP contribution in [0, 0.1) is 5.82 Å². The van der Waals surface area contributed by atoms with Crippen LogP contribution in [-0.4, -0.2) is 24.7 Å². The largest absolute Gasteiger partial charge is 0.419 e. The second-order valence-corrected chi connectivity index (χ2v) is 4.74. The maximum atomic E-state index is 13.1. The number of benzene rings is 1. The lowest BCUT2D eigenvalue weighted by Gasteiger charge is -2.14. The van der Waals surface area contributed by atoms with Gasteiger partial charge in [-0.2, -0.15) is 13.2 Å². The number of nitrogens with two attached hydrogens (primary N) is 1. The Balaban J connectivity index is 2.08. The first-order valence-corrected chi connectivity index (χ1v) is 6.34. The summed E-state index contributed by atoms with van der Waals surface area (Å²) in [6.07, 6.45) is -4.73. The van der Waals surface area contributed by atoms with Crippen molar-refractivity contribution in [2.24, 2.45) is 5.73 Å². The van der Waals surface area contributed by atoms with Gasteiger partial charge < -0.3 is 15.8 Å². The van der Waals surface area contributed by atoms with E-state index in [0.29, 0.717) is 25.0 Å². The molecule has 0 spiro atoms. The summed E-state index contributed by atoms with van der Waals surface area (Å²) >= 11 is 0. The summed E-state index contributed by atoms with van der Waals surface area (Å²) in [5.41, 5.74) is 3.86. The lowest BCUT2D eigenvalue weighted by molar-refractivity contribution is -0.140. The average Bonchev–Trinajstić information content (AvgIpc) is 2.88. The van der Waals surface area contributed by atoms with Crippen LogP contribution in [-0.2, 0) is 15.7 Å². The van der Waals surface area contributed by atoms with E-state index in [-0.39, 0.29) is 18.3 Å². The smallest absolute Gasteiger partial charge is 0.364 e. The van der Waals surface area contributed by atoms with Crippen molar-refractivity contribution in [3.05, 3.63) is 29.6 Å². The Morgan fingerprint density at radius 2 is 2.10 bits per heavy atom. The molecule has 1 fully saturated rings. The molecule has 0 aliphatic carbocycles. The van der Waals surface area contributed by atoms with Crippen LogP contribution in [0.3, 0.4) is 0 Å². The van der Waals surface area contributed by atoms with Crippen LogP contribution in [0.5, 0.6) is 0 Å². The van der Waals surface area contributed by atoms with Gasteiger partial charge >= 0.3 is 6.18 Å². The molecule has 0 bridgehead atoms. The van der Waals surface area contributed by atoms with Gasteiger partial charge in [-0.25, -0.2) is 4.39 Å². The molecule has 1 aromatic carbocycles. The predicted octanol–water partition coefficient (Wildman–Crippen LogP) is 2.29. The van der Waals surface area contributed by atoms with E-state index in [9.17, 15) is 22.4 Å². The third-order valence-electron chi connectivity index (χ3n) is 3.20. The quantitative estimate of drug-likeness (QED) is 0.842. The zero-order chi connectivity index (χ0) is 15.6. The Hall–Kier alpha value is -1.67. The van der Waals surface area contributed by atoms with Crippen molar-refractivity contribution in [1.82, 2.24) is 0 Å². The molecule has 116 valence electrons. The van der Waals surface area contributed by atoms with Crippen LogP contribution in [0.4, 0.5) is 23.2 Å². The molecule has 0 radical (unpaired) electrons. The molecule has 3 N–H and O–H groups in total. The first kappa shape index (κ1) is 15.7. The van der Waals surface area contributed by atoms with E-state index in [1.54, 1.807) is 0 Å². The lowest BCUT2D eigenvalue weighted by Crippen LogP contribution is -2.29. The van der Waals surface area contributed by atoms with Crippen LogP contribution in [0.2, 0.25) is 0 Å². The van der Waals surface area contributed by atoms with Gasteiger partial charge in [0.2, 0.25) is 0 Å². The van der Waals surface area contributed by atoms with Gasteiger partial charge in [0.25, 0.3) is 5.91 Å². The predicted molar refractivity (Wildman–Crippen MR) is 67.0 cm³/mol. The fourth-order valence-corrected chi connectivity index (χ4v) is 2.11. The van der Waals surface area contributed by atoms with Crippen molar-refractivity contribution in [2.75, 3.05) is 11.9 Å². The number of alkyl halides is 3. The average molecular weight is 306 g/mol. The summed E-state index contributed by atoms with van der Waals surface area (Å²) in [5, 5.41) is 2.30. The van der Waals surface area contributed by atoms with Crippen molar-refractivity contribution in [3.63, 3.8) is 0 Å². The summed E-state index contributed by atoms with van der Waals surface area (Å²) < 4.78 is 56.2. The topological polar surface area (TPSA) is 64.4 Å². The van der Waals surface area contributed by atoms with Crippen LogP contribution in [0.15, 0.2) is 18.2 Å². The molecule has 2 atom stereocenters. The standard InChI is InChI=1S/C13H14F4N2O2/c14-10-3-1-7(5-9(10)13(15,16)17)19-12(20)11-4-2-8(6-18)21-11/h1,3,5,8,11H,2,4,6,18H2,(H,19,20)/t8-,11+/m1/s1. The number of carbonyl (C=O) groups excluding carboxylic acids is 1. The normalized spacial score (nSPS) is 22.3. The highest BCUT2D eigenvalue weighted by Gasteiger charge is 2.35. The minimum atomic E-state index is -4.82. The summed E-state index contributed by atoms with van der Waals surface area (Å²) in [4.78, 5) is 11.9. The molecule has 1 amide bonds. The van der Waals surface area contributed by atoms with Crippen molar-refractivity contribution >= 4 is 11.6 Å².